The van der Waals surface area contributed by atoms with Gasteiger partial charge >= 0.3 is 0 Å². The second-order valence-electron chi connectivity index (χ2n) is 8.42. The van der Waals surface area contributed by atoms with Crippen molar-refractivity contribution in [3.05, 3.63) is 84.3 Å². The topological polar surface area (TPSA) is 101 Å². The maximum absolute atomic E-state index is 13.7. The van der Waals surface area contributed by atoms with Gasteiger partial charge in [0.15, 0.2) is 5.76 Å². The molecule has 0 spiro atoms. The van der Waals surface area contributed by atoms with Gasteiger partial charge in [0.25, 0.3) is 5.91 Å². The Balaban J connectivity index is 1.66. The third-order valence-electron chi connectivity index (χ3n) is 6.09. The number of para-hydroxylation sites is 1. The van der Waals surface area contributed by atoms with E-state index in [1.807, 2.05) is 6.07 Å². The number of rotatable bonds is 9. The molecule has 35 heavy (non-hydrogen) atoms. The molecule has 0 aliphatic heterocycles. The average molecular weight is 476 g/mol. The number of benzene rings is 2. The third kappa shape index (κ3) is 5.90. The van der Waals surface area contributed by atoms with E-state index in [2.05, 4.69) is 10.6 Å². The lowest BCUT2D eigenvalue weighted by molar-refractivity contribution is -0.126. The van der Waals surface area contributed by atoms with Gasteiger partial charge in [0.2, 0.25) is 11.8 Å². The summed E-state index contributed by atoms with van der Waals surface area (Å²) in [5.41, 5.74) is 1.18. The van der Waals surface area contributed by atoms with Crippen LogP contribution in [0.1, 0.15) is 47.8 Å². The van der Waals surface area contributed by atoms with E-state index in [-0.39, 0.29) is 24.3 Å². The van der Waals surface area contributed by atoms with Gasteiger partial charge in [-0.2, -0.15) is 0 Å². The molecule has 0 saturated heterocycles. The van der Waals surface area contributed by atoms with Crippen molar-refractivity contribution in [2.45, 2.75) is 37.8 Å². The molecule has 4 rings (SSSR count). The quantitative estimate of drug-likeness (QED) is 0.490. The van der Waals surface area contributed by atoms with E-state index in [9.17, 15) is 14.4 Å². The minimum atomic E-state index is -0.933. The van der Waals surface area contributed by atoms with E-state index in [1.165, 1.54) is 17.2 Å². The van der Waals surface area contributed by atoms with Crippen molar-refractivity contribution in [1.29, 1.82) is 0 Å². The van der Waals surface area contributed by atoms with Crippen LogP contribution < -0.4 is 20.3 Å². The molecule has 1 aliphatic carbocycles. The fourth-order valence-corrected chi connectivity index (χ4v) is 4.32. The number of carbonyl (C=O) groups excluding carboxylic acids is 3. The first kappa shape index (κ1) is 24.1. The Labute approximate surface area is 204 Å². The maximum atomic E-state index is 13.7. The third-order valence-corrected chi connectivity index (χ3v) is 6.09. The van der Waals surface area contributed by atoms with E-state index in [1.54, 1.807) is 61.7 Å². The summed E-state index contributed by atoms with van der Waals surface area (Å²) in [4.78, 5) is 41.0. The van der Waals surface area contributed by atoms with Crippen LogP contribution in [0.3, 0.4) is 0 Å². The smallest absolute Gasteiger partial charge is 0.287 e. The molecule has 1 fully saturated rings. The standard InChI is InChI=1S/C27H29N3O5/c1-34-22-15-13-19(14-16-22)25(27(33)29-20-8-5-6-9-20)30(21-10-3-2-4-11-21)24(31)18-28-26(32)23-12-7-17-35-23/h2-4,7,10-17,20,25H,5-6,8-9,18H2,1H3,(H,28,32)(H,29,33)/t25-/m1/s1. The first-order valence-electron chi connectivity index (χ1n) is 11.7. The first-order valence-corrected chi connectivity index (χ1v) is 11.7. The molecule has 1 saturated carbocycles. The fourth-order valence-electron chi connectivity index (χ4n) is 4.32. The lowest BCUT2D eigenvalue weighted by Crippen LogP contribution is -2.49. The number of nitrogens with one attached hydrogen (secondary N) is 2. The molecule has 3 aromatic rings. The van der Waals surface area contributed by atoms with Crippen molar-refractivity contribution in [2.24, 2.45) is 0 Å². The summed E-state index contributed by atoms with van der Waals surface area (Å²) in [5.74, 6) is -0.454. The van der Waals surface area contributed by atoms with E-state index in [0.717, 1.165) is 25.7 Å². The normalized spacial score (nSPS) is 14.2. The predicted molar refractivity (Wildman–Crippen MR) is 131 cm³/mol. The number of hydrogen-bond donors (Lipinski definition) is 2. The summed E-state index contributed by atoms with van der Waals surface area (Å²) in [6, 6.07) is 18.3. The minimum absolute atomic E-state index is 0.0784. The van der Waals surface area contributed by atoms with E-state index >= 15 is 0 Å². The van der Waals surface area contributed by atoms with Crippen LogP contribution in [0, 0.1) is 0 Å². The van der Waals surface area contributed by atoms with Crippen molar-refractivity contribution < 1.29 is 23.5 Å². The minimum Gasteiger partial charge on any atom is -0.497 e. The van der Waals surface area contributed by atoms with Crippen LogP contribution >= 0.6 is 0 Å². The number of ether oxygens (including phenoxy) is 1. The van der Waals surface area contributed by atoms with Gasteiger partial charge in [-0.1, -0.05) is 43.2 Å². The van der Waals surface area contributed by atoms with Gasteiger partial charge in [-0.15, -0.1) is 0 Å². The van der Waals surface area contributed by atoms with Crippen LogP contribution in [0.25, 0.3) is 0 Å². The summed E-state index contributed by atoms with van der Waals surface area (Å²) < 4.78 is 10.4. The number of hydrogen-bond acceptors (Lipinski definition) is 5. The Morgan fingerprint density at radius 1 is 1.00 bits per heavy atom. The van der Waals surface area contributed by atoms with Gasteiger partial charge in [-0.3, -0.25) is 19.3 Å². The van der Waals surface area contributed by atoms with Crippen molar-refractivity contribution in [1.82, 2.24) is 10.6 Å². The van der Waals surface area contributed by atoms with Crippen LogP contribution in [-0.2, 0) is 9.59 Å². The molecule has 182 valence electrons. The summed E-state index contributed by atoms with van der Waals surface area (Å²) in [7, 11) is 1.57. The van der Waals surface area contributed by atoms with Crippen LogP contribution in [0.15, 0.2) is 77.4 Å². The fraction of sp³-hybridized carbons (Fsp3) is 0.296. The number of anilines is 1. The van der Waals surface area contributed by atoms with Gasteiger partial charge in [0.1, 0.15) is 11.8 Å². The molecule has 1 aliphatic rings. The highest BCUT2D eigenvalue weighted by Gasteiger charge is 2.34. The van der Waals surface area contributed by atoms with Crippen LogP contribution in [0.4, 0.5) is 5.69 Å². The summed E-state index contributed by atoms with van der Waals surface area (Å²) in [6.07, 6.45) is 5.36. The second-order valence-corrected chi connectivity index (χ2v) is 8.42. The van der Waals surface area contributed by atoms with E-state index in [0.29, 0.717) is 17.0 Å². The molecule has 0 radical (unpaired) electrons. The van der Waals surface area contributed by atoms with Crippen LogP contribution in [0.2, 0.25) is 0 Å². The van der Waals surface area contributed by atoms with Crippen molar-refractivity contribution in [2.75, 3.05) is 18.6 Å². The molecular weight excluding hydrogens is 446 g/mol. The zero-order valence-corrected chi connectivity index (χ0v) is 19.6. The maximum Gasteiger partial charge on any atom is 0.287 e. The molecular formula is C27H29N3O5. The number of nitrogens with zero attached hydrogens (tertiary/aromatic N) is 1. The van der Waals surface area contributed by atoms with Crippen molar-refractivity contribution >= 4 is 23.4 Å². The molecule has 8 nitrogen and oxygen atoms in total. The van der Waals surface area contributed by atoms with Gasteiger partial charge < -0.3 is 19.8 Å². The van der Waals surface area contributed by atoms with Gasteiger partial charge in [0.05, 0.1) is 19.9 Å². The zero-order chi connectivity index (χ0) is 24.6. The Bertz CT molecular complexity index is 1120. The van der Waals surface area contributed by atoms with Gasteiger partial charge in [-0.05, 0) is 54.8 Å². The van der Waals surface area contributed by atoms with Gasteiger partial charge in [-0.25, -0.2) is 0 Å². The zero-order valence-electron chi connectivity index (χ0n) is 19.6. The molecule has 1 aromatic heterocycles. The molecule has 0 bridgehead atoms. The SMILES string of the molecule is COc1ccc([C@H](C(=O)NC2CCCC2)N(C(=O)CNC(=O)c2ccco2)c2ccccc2)cc1. The molecule has 2 N–H and O–H groups in total. The molecule has 0 unspecified atom stereocenters. The Morgan fingerprint density at radius 3 is 2.34 bits per heavy atom. The Kier molecular flexibility index (Phi) is 7.82. The number of amides is 3. The number of furan rings is 1. The van der Waals surface area contributed by atoms with E-state index in [4.69, 9.17) is 9.15 Å². The number of methoxy groups -OCH3 is 1. The second kappa shape index (κ2) is 11.4. The summed E-state index contributed by atoms with van der Waals surface area (Å²) >= 11 is 0. The Morgan fingerprint density at radius 2 is 1.71 bits per heavy atom. The highest BCUT2D eigenvalue weighted by Crippen LogP contribution is 2.30. The Hall–Kier alpha value is -4.07. The molecule has 3 amide bonds. The lowest BCUT2D eigenvalue weighted by Gasteiger charge is -2.32. The number of carbonyl (C=O) groups is 3. The monoisotopic (exact) mass is 475 g/mol. The highest BCUT2D eigenvalue weighted by molar-refractivity contribution is 6.04. The molecule has 8 heteroatoms. The van der Waals surface area contributed by atoms with E-state index < -0.39 is 17.9 Å². The first-order chi connectivity index (χ1) is 17.1. The largest absolute Gasteiger partial charge is 0.497 e. The lowest BCUT2D eigenvalue weighted by atomic mass is 10.0. The van der Waals surface area contributed by atoms with Crippen molar-refractivity contribution in [3.8, 4) is 5.75 Å². The average Bonchev–Trinajstić information content (AvgIpc) is 3.61. The summed E-state index contributed by atoms with van der Waals surface area (Å²) in [6.45, 7) is -0.308. The molecule has 1 heterocycles. The molecule has 2 aromatic carbocycles. The van der Waals surface area contributed by atoms with Crippen molar-refractivity contribution in [3.63, 3.8) is 0 Å². The summed E-state index contributed by atoms with van der Waals surface area (Å²) in [5, 5.41) is 5.73. The van der Waals surface area contributed by atoms with Gasteiger partial charge in [0, 0.05) is 11.7 Å². The predicted octanol–water partition coefficient (Wildman–Crippen LogP) is 3.85. The van der Waals surface area contributed by atoms with Crippen LogP contribution in [-0.4, -0.2) is 37.4 Å². The highest BCUT2D eigenvalue weighted by atomic mass is 16.5. The molecule has 1 atom stereocenters. The van der Waals surface area contributed by atoms with Crippen LogP contribution in [0.5, 0.6) is 5.75 Å².